The lowest BCUT2D eigenvalue weighted by molar-refractivity contribution is 0.285. The minimum atomic E-state index is 0.773. The molecule has 1 N–H and O–H groups in total. The second-order valence-corrected chi connectivity index (χ2v) is 5.56. The third-order valence-corrected chi connectivity index (χ3v) is 3.48. The van der Waals surface area contributed by atoms with Crippen LogP contribution >= 0.6 is 11.6 Å². The van der Waals surface area contributed by atoms with Gasteiger partial charge in [0.2, 0.25) is 0 Å². The van der Waals surface area contributed by atoms with Gasteiger partial charge in [0, 0.05) is 23.7 Å². The van der Waals surface area contributed by atoms with Gasteiger partial charge >= 0.3 is 0 Å². The quantitative estimate of drug-likeness (QED) is 0.882. The van der Waals surface area contributed by atoms with Gasteiger partial charge in [0.05, 0.1) is 6.54 Å². The van der Waals surface area contributed by atoms with Crippen LogP contribution in [0.5, 0.6) is 0 Å². The van der Waals surface area contributed by atoms with E-state index >= 15 is 0 Å². The van der Waals surface area contributed by atoms with Gasteiger partial charge < -0.3 is 9.73 Å². The second-order valence-electron chi connectivity index (χ2n) is 5.12. The summed E-state index contributed by atoms with van der Waals surface area (Å²) in [6.45, 7) is 4.52. The summed E-state index contributed by atoms with van der Waals surface area (Å²) >= 11 is 5.89. The minimum Gasteiger partial charge on any atom is -0.465 e. The summed E-state index contributed by atoms with van der Waals surface area (Å²) in [5, 5.41) is 3.92. The SMILES string of the molecule is CNCc1cc(CN(C)Cc2ccc(Cl)cc2)oc1C. The van der Waals surface area contributed by atoms with Crippen molar-refractivity contribution in [2.24, 2.45) is 0 Å². The molecule has 0 aliphatic heterocycles. The van der Waals surface area contributed by atoms with Crippen molar-refractivity contribution in [1.82, 2.24) is 10.2 Å². The molecule has 0 fully saturated rings. The Morgan fingerprint density at radius 3 is 2.55 bits per heavy atom. The highest BCUT2D eigenvalue weighted by Gasteiger charge is 2.09. The van der Waals surface area contributed by atoms with Gasteiger partial charge in [0.1, 0.15) is 11.5 Å². The fourth-order valence-electron chi connectivity index (χ4n) is 2.25. The number of rotatable bonds is 6. The normalized spacial score (nSPS) is 11.2. The highest BCUT2D eigenvalue weighted by molar-refractivity contribution is 6.30. The average Bonchev–Trinajstić information content (AvgIpc) is 2.73. The Kier molecular flexibility index (Phi) is 5.24. The van der Waals surface area contributed by atoms with E-state index in [4.69, 9.17) is 16.0 Å². The number of nitrogens with one attached hydrogen (secondary N) is 1. The van der Waals surface area contributed by atoms with Crippen LogP contribution in [0, 0.1) is 6.92 Å². The third kappa shape index (κ3) is 4.10. The monoisotopic (exact) mass is 292 g/mol. The van der Waals surface area contributed by atoms with E-state index in [1.807, 2.05) is 26.1 Å². The number of halogens is 1. The van der Waals surface area contributed by atoms with Crippen molar-refractivity contribution in [3.8, 4) is 0 Å². The van der Waals surface area contributed by atoms with Gasteiger partial charge in [-0.15, -0.1) is 0 Å². The van der Waals surface area contributed by atoms with Crippen LogP contribution in [0.1, 0.15) is 22.6 Å². The molecular formula is C16H21ClN2O. The molecule has 3 nitrogen and oxygen atoms in total. The Balaban J connectivity index is 1.95. The summed E-state index contributed by atoms with van der Waals surface area (Å²) < 4.78 is 5.79. The lowest BCUT2D eigenvalue weighted by atomic mass is 10.2. The van der Waals surface area contributed by atoms with Crippen LogP contribution in [0.25, 0.3) is 0 Å². The zero-order chi connectivity index (χ0) is 14.5. The summed E-state index contributed by atoms with van der Waals surface area (Å²) in [6, 6.07) is 10.1. The van der Waals surface area contributed by atoms with Crippen molar-refractivity contribution in [1.29, 1.82) is 0 Å². The Bertz CT molecular complexity index is 548. The molecule has 0 saturated carbocycles. The summed E-state index contributed by atoms with van der Waals surface area (Å²) in [6.07, 6.45) is 0. The first-order chi connectivity index (χ1) is 9.58. The predicted octanol–water partition coefficient (Wildman–Crippen LogP) is 3.59. The van der Waals surface area contributed by atoms with Crippen LogP contribution in [-0.4, -0.2) is 19.0 Å². The van der Waals surface area contributed by atoms with Crippen molar-refractivity contribution in [3.63, 3.8) is 0 Å². The smallest absolute Gasteiger partial charge is 0.118 e. The van der Waals surface area contributed by atoms with E-state index in [0.717, 1.165) is 36.2 Å². The first-order valence-corrected chi connectivity index (χ1v) is 7.12. The van der Waals surface area contributed by atoms with Crippen LogP contribution in [0.3, 0.4) is 0 Å². The Morgan fingerprint density at radius 2 is 1.90 bits per heavy atom. The Hall–Kier alpha value is -1.29. The molecule has 1 aromatic carbocycles. The first kappa shape index (κ1) is 15.1. The molecule has 0 amide bonds. The topological polar surface area (TPSA) is 28.4 Å². The van der Waals surface area contributed by atoms with Crippen LogP contribution in [0.4, 0.5) is 0 Å². The number of aryl methyl sites for hydroxylation is 1. The Labute approximate surface area is 125 Å². The van der Waals surface area contributed by atoms with E-state index in [9.17, 15) is 0 Å². The summed E-state index contributed by atoms with van der Waals surface area (Å²) in [4.78, 5) is 2.23. The fraction of sp³-hybridized carbons (Fsp3) is 0.375. The summed E-state index contributed by atoms with van der Waals surface area (Å²) in [5.74, 6) is 2.00. The first-order valence-electron chi connectivity index (χ1n) is 6.74. The largest absolute Gasteiger partial charge is 0.465 e. The molecule has 0 bridgehead atoms. The maximum Gasteiger partial charge on any atom is 0.118 e. The molecule has 0 spiro atoms. The maximum absolute atomic E-state index is 5.89. The van der Waals surface area contributed by atoms with E-state index in [1.165, 1.54) is 11.1 Å². The Morgan fingerprint density at radius 1 is 1.20 bits per heavy atom. The van der Waals surface area contributed by atoms with Crippen LogP contribution < -0.4 is 5.32 Å². The standard InChI is InChI=1S/C16H21ClN2O/c1-12-14(9-18-2)8-16(20-12)11-19(3)10-13-4-6-15(17)7-5-13/h4-8,18H,9-11H2,1-3H3. The van der Waals surface area contributed by atoms with Gasteiger partial charge in [-0.2, -0.15) is 0 Å². The van der Waals surface area contributed by atoms with Crippen molar-refractivity contribution in [2.75, 3.05) is 14.1 Å². The maximum atomic E-state index is 5.89. The molecule has 0 atom stereocenters. The molecule has 1 heterocycles. The van der Waals surface area contributed by atoms with Gasteiger partial charge in [-0.05, 0) is 44.8 Å². The van der Waals surface area contributed by atoms with Gasteiger partial charge in [-0.3, -0.25) is 4.90 Å². The van der Waals surface area contributed by atoms with E-state index in [1.54, 1.807) is 0 Å². The van der Waals surface area contributed by atoms with E-state index in [-0.39, 0.29) is 0 Å². The fourth-order valence-corrected chi connectivity index (χ4v) is 2.38. The molecular weight excluding hydrogens is 272 g/mol. The van der Waals surface area contributed by atoms with Gasteiger partial charge in [0.25, 0.3) is 0 Å². The predicted molar refractivity (Wildman–Crippen MR) is 82.8 cm³/mol. The summed E-state index contributed by atoms with van der Waals surface area (Å²) in [5.41, 5.74) is 2.47. The van der Waals surface area contributed by atoms with Crippen LogP contribution in [0.15, 0.2) is 34.7 Å². The molecule has 2 aromatic rings. The highest BCUT2D eigenvalue weighted by Crippen LogP contribution is 2.17. The van der Waals surface area contributed by atoms with Crippen molar-refractivity contribution in [2.45, 2.75) is 26.6 Å². The van der Waals surface area contributed by atoms with Gasteiger partial charge in [-0.1, -0.05) is 23.7 Å². The number of hydrogen-bond acceptors (Lipinski definition) is 3. The van der Waals surface area contributed by atoms with Crippen LogP contribution in [-0.2, 0) is 19.6 Å². The highest BCUT2D eigenvalue weighted by atomic mass is 35.5. The van der Waals surface area contributed by atoms with Gasteiger partial charge in [0.15, 0.2) is 0 Å². The number of nitrogens with zero attached hydrogens (tertiary/aromatic N) is 1. The molecule has 4 heteroatoms. The minimum absolute atomic E-state index is 0.773. The zero-order valence-corrected chi connectivity index (χ0v) is 13.0. The molecule has 108 valence electrons. The van der Waals surface area contributed by atoms with Gasteiger partial charge in [-0.25, -0.2) is 0 Å². The van der Waals surface area contributed by atoms with Crippen molar-refractivity contribution < 1.29 is 4.42 Å². The number of hydrogen-bond donors (Lipinski definition) is 1. The lowest BCUT2D eigenvalue weighted by Gasteiger charge is -2.15. The molecule has 20 heavy (non-hydrogen) atoms. The molecule has 0 radical (unpaired) electrons. The average molecular weight is 293 g/mol. The molecule has 2 rings (SSSR count). The van der Waals surface area contributed by atoms with Crippen LogP contribution in [0.2, 0.25) is 5.02 Å². The second kappa shape index (κ2) is 6.93. The van der Waals surface area contributed by atoms with Crippen molar-refractivity contribution >= 4 is 11.6 Å². The molecule has 0 aliphatic rings. The van der Waals surface area contributed by atoms with E-state index < -0.39 is 0 Å². The lowest BCUT2D eigenvalue weighted by Crippen LogP contribution is -2.16. The molecule has 0 unspecified atom stereocenters. The van der Waals surface area contributed by atoms with E-state index in [0.29, 0.717) is 0 Å². The third-order valence-electron chi connectivity index (χ3n) is 3.23. The van der Waals surface area contributed by atoms with Crippen molar-refractivity contribution in [3.05, 3.63) is 58.0 Å². The molecule has 1 aromatic heterocycles. The summed E-state index contributed by atoms with van der Waals surface area (Å²) in [7, 11) is 4.03. The molecule has 0 aliphatic carbocycles. The van der Waals surface area contributed by atoms with E-state index in [2.05, 4.69) is 35.5 Å². The number of benzene rings is 1. The number of furan rings is 1. The molecule has 0 saturated heterocycles. The zero-order valence-electron chi connectivity index (χ0n) is 12.2.